The Bertz CT molecular complexity index is 1220. The standard InChI is InChI=1S/C23H22N4O3S/c1-14-10-15(2)20-18(11-14)31-23(26-20)27(13-16-8-6-5-7-9-16)21(28)17-12-19(29-3)25-22(24-17)30-4/h5-12H,13H2,1-4H3. The first-order valence-electron chi connectivity index (χ1n) is 9.69. The van der Waals surface area contributed by atoms with Crippen LogP contribution < -0.4 is 14.4 Å². The quantitative estimate of drug-likeness (QED) is 0.442. The summed E-state index contributed by atoms with van der Waals surface area (Å²) in [4.78, 5) is 28.4. The molecule has 1 amide bonds. The van der Waals surface area contributed by atoms with Gasteiger partial charge in [-0.05, 0) is 36.6 Å². The second-order valence-corrected chi connectivity index (χ2v) is 8.09. The van der Waals surface area contributed by atoms with Gasteiger partial charge in [-0.25, -0.2) is 4.98 Å². The third-order valence-corrected chi connectivity index (χ3v) is 5.80. The molecule has 0 bridgehead atoms. The number of aromatic nitrogens is 3. The molecule has 0 aliphatic heterocycles. The zero-order valence-corrected chi connectivity index (χ0v) is 18.6. The number of anilines is 1. The van der Waals surface area contributed by atoms with Crippen LogP contribution in [0.4, 0.5) is 5.13 Å². The molecule has 4 rings (SSSR count). The van der Waals surface area contributed by atoms with Crippen molar-refractivity contribution in [1.29, 1.82) is 0 Å². The van der Waals surface area contributed by atoms with Gasteiger partial charge in [0.1, 0.15) is 5.69 Å². The van der Waals surface area contributed by atoms with E-state index in [0.717, 1.165) is 26.9 Å². The summed E-state index contributed by atoms with van der Waals surface area (Å²) in [5.41, 5.74) is 4.29. The van der Waals surface area contributed by atoms with Crippen molar-refractivity contribution in [2.24, 2.45) is 0 Å². The predicted molar refractivity (Wildman–Crippen MR) is 121 cm³/mol. The van der Waals surface area contributed by atoms with Gasteiger partial charge in [-0.2, -0.15) is 9.97 Å². The number of carbonyl (C=O) groups excluding carboxylic acids is 1. The van der Waals surface area contributed by atoms with Gasteiger partial charge in [0.05, 0.1) is 31.0 Å². The molecule has 0 saturated carbocycles. The Morgan fingerprint density at radius 3 is 2.48 bits per heavy atom. The number of aryl methyl sites for hydroxylation is 2. The molecule has 0 aliphatic carbocycles. The molecule has 0 aliphatic rings. The molecule has 0 unspecified atom stereocenters. The third kappa shape index (κ3) is 4.34. The fourth-order valence-corrected chi connectivity index (χ4v) is 4.45. The number of rotatable bonds is 6. The van der Waals surface area contributed by atoms with Gasteiger partial charge in [0.15, 0.2) is 5.13 Å². The molecule has 2 heterocycles. The van der Waals surface area contributed by atoms with E-state index in [4.69, 9.17) is 14.5 Å². The van der Waals surface area contributed by atoms with Gasteiger partial charge in [0.2, 0.25) is 5.88 Å². The van der Waals surface area contributed by atoms with Crippen LogP contribution in [0.25, 0.3) is 10.2 Å². The average molecular weight is 435 g/mol. The van der Waals surface area contributed by atoms with E-state index in [1.807, 2.05) is 37.3 Å². The Kier molecular flexibility index (Phi) is 5.81. The second-order valence-electron chi connectivity index (χ2n) is 7.08. The minimum atomic E-state index is -0.309. The maximum Gasteiger partial charge on any atom is 0.320 e. The Morgan fingerprint density at radius 1 is 1.00 bits per heavy atom. The number of hydrogen-bond acceptors (Lipinski definition) is 7. The molecular weight excluding hydrogens is 412 g/mol. The molecule has 0 atom stereocenters. The average Bonchev–Trinajstić information content (AvgIpc) is 3.21. The van der Waals surface area contributed by atoms with Crippen LogP contribution in [0.15, 0.2) is 48.5 Å². The second kappa shape index (κ2) is 8.69. The molecule has 8 heteroatoms. The van der Waals surface area contributed by atoms with E-state index >= 15 is 0 Å². The lowest BCUT2D eigenvalue weighted by atomic mass is 10.1. The van der Waals surface area contributed by atoms with Crippen molar-refractivity contribution >= 4 is 32.6 Å². The summed E-state index contributed by atoms with van der Waals surface area (Å²) in [5.74, 6) is -0.0538. The number of thiazole rings is 1. The smallest absolute Gasteiger partial charge is 0.320 e. The zero-order valence-electron chi connectivity index (χ0n) is 17.7. The van der Waals surface area contributed by atoms with Crippen molar-refractivity contribution in [2.75, 3.05) is 19.1 Å². The first-order chi connectivity index (χ1) is 15.0. The van der Waals surface area contributed by atoms with Crippen LogP contribution in [0.1, 0.15) is 27.2 Å². The molecule has 2 aromatic heterocycles. The van der Waals surface area contributed by atoms with Crippen LogP contribution in [0, 0.1) is 13.8 Å². The molecule has 7 nitrogen and oxygen atoms in total. The Morgan fingerprint density at radius 2 is 1.77 bits per heavy atom. The van der Waals surface area contributed by atoms with Crippen LogP contribution in [0.3, 0.4) is 0 Å². The van der Waals surface area contributed by atoms with Crippen molar-refractivity contribution in [1.82, 2.24) is 15.0 Å². The molecule has 0 fully saturated rings. The fourth-order valence-electron chi connectivity index (χ4n) is 3.31. The first-order valence-corrected chi connectivity index (χ1v) is 10.5. The molecule has 31 heavy (non-hydrogen) atoms. The number of nitrogens with zero attached hydrogens (tertiary/aromatic N) is 4. The third-order valence-electron chi connectivity index (χ3n) is 4.77. The number of benzene rings is 2. The number of carbonyl (C=O) groups is 1. The van der Waals surface area contributed by atoms with Crippen molar-refractivity contribution in [2.45, 2.75) is 20.4 Å². The highest BCUT2D eigenvalue weighted by Crippen LogP contribution is 2.33. The normalized spacial score (nSPS) is 10.8. The van der Waals surface area contributed by atoms with E-state index in [9.17, 15) is 4.79 Å². The number of hydrogen-bond donors (Lipinski definition) is 0. The maximum absolute atomic E-state index is 13.6. The van der Waals surface area contributed by atoms with Gasteiger partial charge in [-0.3, -0.25) is 9.69 Å². The minimum absolute atomic E-state index is 0.0677. The summed E-state index contributed by atoms with van der Waals surface area (Å²) < 4.78 is 11.4. The lowest BCUT2D eigenvalue weighted by molar-refractivity contribution is 0.0978. The summed E-state index contributed by atoms with van der Waals surface area (Å²) in [6.07, 6.45) is 0. The van der Waals surface area contributed by atoms with Crippen LogP contribution >= 0.6 is 11.3 Å². The topological polar surface area (TPSA) is 77.4 Å². The van der Waals surface area contributed by atoms with E-state index in [1.54, 1.807) is 4.90 Å². The van der Waals surface area contributed by atoms with Gasteiger partial charge >= 0.3 is 6.01 Å². The van der Waals surface area contributed by atoms with E-state index in [0.29, 0.717) is 11.7 Å². The number of amides is 1. The Labute approximate surface area is 184 Å². The van der Waals surface area contributed by atoms with Crippen molar-refractivity contribution in [3.63, 3.8) is 0 Å². The van der Waals surface area contributed by atoms with Crippen LogP contribution in [0.2, 0.25) is 0 Å². The van der Waals surface area contributed by atoms with Crippen LogP contribution in [-0.2, 0) is 6.54 Å². The lowest BCUT2D eigenvalue weighted by Gasteiger charge is -2.20. The molecule has 2 aromatic carbocycles. The summed E-state index contributed by atoms with van der Waals surface area (Å²) in [6.45, 7) is 4.44. The molecule has 158 valence electrons. The number of methoxy groups -OCH3 is 2. The highest BCUT2D eigenvalue weighted by Gasteiger charge is 2.25. The number of fused-ring (bicyclic) bond motifs is 1. The first kappa shape index (κ1) is 20.7. The number of ether oxygens (including phenoxy) is 2. The molecule has 0 N–H and O–H groups in total. The maximum atomic E-state index is 13.6. The summed E-state index contributed by atoms with van der Waals surface area (Å²) in [7, 11) is 2.93. The van der Waals surface area contributed by atoms with Crippen LogP contribution in [0.5, 0.6) is 11.9 Å². The van der Waals surface area contributed by atoms with Gasteiger partial charge < -0.3 is 9.47 Å². The summed E-state index contributed by atoms with van der Waals surface area (Å²) >= 11 is 1.48. The highest BCUT2D eigenvalue weighted by atomic mass is 32.1. The van der Waals surface area contributed by atoms with Gasteiger partial charge in [-0.1, -0.05) is 47.7 Å². The molecule has 0 saturated heterocycles. The van der Waals surface area contributed by atoms with Crippen molar-refractivity contribution < 1.29 is 14.3 Å². The van der Waals surface area contributed by atoms with E-state index < -0.39 is 0 Å². The predicted octanol–water partition coefficient (Wildman–Crippen LogP) is 4.57. The molecular formula is C23H22N4O3S. The van der Waals surface area contributed by atoms with E-state index in [1.165, 1.54) is 31.6 Å². The minimum Gasteiger partial charge on any atom is -0.481 e. The fraction of sp³-hybridized carbons (Fsp3) is 0.217. The van der Waals surface area contributed by atoms with Gasteiger partial charge in [0, 0.05) is 6.07 Å². The molecule has 4 aromatic rings. The Balaban J connectivity index is 1.82. The van der Waals surface area contributed by atoms with Crippen molar-refractivity contribution in [3.05, 3.63) is 70.9 Å². The molecule has 0 spiro atoms. The van der Waals surface area contributed by atoms with E-state index in [2.05, 4.69) is 29.0 Å². The summed E-state index contributed by atoms with van der Waals surface area (Å²) in [6, 6.07) is 15.5. The zero-order chi connectivity index (χ0) is 22.0. The van der Waals surface area contributed by atoms with Gasteiger partial charge in [-0.15, -0.1) is 0 Å². The van der Waals surface area contributed by atoms with Crippen molar-refractivity contribution in [3.8, 4) is 11.9 Å². The van der Waals surface area contributed by atoms with Crippen LogP contribution in [-0.4, -0.2) is 35.1 Å². The summed E-state index contributed by atoms with van der Waals surface area (Å²) in [5, 5.41) is 0.606. The van der Waals surface area contributed by atoms with E-state index in [-0.39, 0.29) is 23.5 Å². The SMILES string of the molecule is COc1cc(C(=O)N(Cc2ccccc2)c2nc3c(C)cc(C)cc3s2)nc(OC)n1. The van der Waals surface area contributed by atoms with Gasteiger partial charge in [0.25, 0.3) is 5.91 Å². The lowest BCUT2D eigenvalue weighted by Crippen LogP contribution is -2.31. The molecule has 0 radical (unpaired) electrons. The highest BCUT2D eigenvalue weighted by molar-refractivity contribution is 7.22. The Hall–Kier alpha value is -3.52. The largest absolute Gasteiger partial charge is 0.481 e. The monoisotopic (exact) mass is 434 g/mol.